The van der Waals surface area contributed by atoms with Crippen molar-refractivity contribution in [3.63, 3.8) is 0 Å². The molecule has 3 heterocycles. The first-order valence-electron chi connectivity index (χ1n) is 13.2. The average molecular weight is 558 g/mol. The molecule has 1 amide bonds. The molecule has 4 aromatic rings. The van der Waals surface area contributed by atoms with E-state index in [9.17, 15) is 18.4 Å². The lowest BCUT2D eigenvalue weighted by Crippen LogP contribution is -2.36. The molecule has 40 heavy (non-hydrogen) atoms. The molecule has 3 aromatic heterocycles. The number of ether oxygens (including phenoxy) is 1. The van der Waals surface area contributed by atoms with Crippen LogP contribution in [0.1, 0.15) is 72.1 Å². The Morgan fingerprint density at radius 3 is 2.75 bits per heavy atom. The predicted molar refractivity (Wildman–Crippen MR) is 140 cm³/mol. The second-order valence-electron chi connectivity index (χ2n) is 10.0. The van der Waals surface area contributed by atoms with Gasteiger partial charge in [0.1, 0.15) is 29.2 Å². The number of aromatic nitrogens is 4. The van der Waals surface area contributed by atoms with Gasteiger partial charge in [-0.15, -0.1) is 0 Å². The van der Waals surface area contributed by atoms with E-state index in [4.69, 9.17) is 9.15 Å². The van der Waals surface area contributed by atoms with Crippen molar-refractivity contribution in [3.8, 4) is 0 Å². The molecule has 12 heteroatoms. The van der Waals surface area contributed by atoms with Gasteiger partial charge in [0.05, 0.1) is 6.61 Å². The van der Waals surface area contributed by atoms with E-state index in [0.717, 1.165) is 12.3 Å². The zero-order valence-corrected chi connectivity index (χ0v) is 22.1. The molecule has 1 aliphatic rings. The second kappa shape index (κ2) is 11.7. The number of rotatable bonds is 9. The number of H-pyrrole nitrogens is 1. The number of nitrogens with zero attached hydrogens (tertiary/aromatic N) is 3. The van der Waals surface area contributed by atoms with Crippen LogP contribution in [0.3, 0.4) is 0 Å². The van der Waals surface area contributed by atoms with Crippen LogP contribution in [0, 0.1) is 17.6 Å². The maximum absolute atomic E-state index is 15.4. The lowest BCUT2D eigenvalue weighted by Gasteiger charge is -2.30. The Morgan fingerprint density at radius 1 is 1.25 bits per heavy atom. The van der Waals surface area contributed by atoms with Crippen LogP contribution < -0.4 is 10.9 Å². The van der Waals surface area contributed by atoms with Crippen molar-refractivity contribution in [2.75, 3.05) is 13.7 Å². The van der Waals surface area contributed by atoms with Crippen LogP contribution in [0.4, 0.5) is 13.2 Å². The molecule has 5 rings (SSSR count). The fraction of sp³-hybridized carbons (Fsp3) is 0.429. The summed E-state index contributed by atoms with van der Waals surface area (Å²) in [6.45, 7) is 2.33. The summed E-state index contributed by atoms with van der Waals surface area (Å²) in [7, 11) is 1.42. The number of carbonyl (C=O) groups excluding carboxylic acids is 1. The van der Waals surface area contributed by atoms with Gasteiger partial charge in [-0.2, -0.15) is 5.10 Å². The van der Waals surface area contributed by atoms with Crippen LogP contribution in [0.5, 0.6) is 0 Å². The van der Waals surface area contributed by atoms with Crippen LogP contribution in [0.25, 0.3) is 11.1 Å². The summed E-state index contributed by atoms with van der Waals surface area (Å²) < 4.78 is 56.0. The number of hydrogen-bond acceptors (Lipinski definition) is 6. The van der Waals surface area contributed by atoms with E-state index in [1.54, 1.807) is 16.8 Å². The molecule has 0 saturated heterocycles. The Kier molecular flexibility index (Phi) is 8.06. The molecule has 9 nitrogen and oxygen atoms in total. The van der Waals surface area contributed by atoms with Crippen molar-refractivity contribution in [1.82, 2.24) is 25.1 Å². The number of benzene rings is 1. The van der Waals surface area contributed by atoms with Crippen molar-refractivity contribution in [3.05, 3.63) is 81.4 Å². The smallest absolute Gasteiger partial charge is 0.270 e. The highest BCUT2D eigenvalue weighted by Crippen LogP contribution is 2.38. The van der Waals surface area contributed by atoms with E-state index in [1.165, 1.54) is 19.4 Å². The van der Waals surface area contributed by atoms with Gasteiger partial charge in [0, 0.05) is 37.5 Å². The Labute approximate surface area is 227 Å². The van der Waals surface area contributed by atoms with Gasteiger partial charge in [-0.25, -0.2) is 18.2 Å². The molecular weight excluding hydrogens is 527 g/mol. The van der Waals surface area contributed by atoms with Crippen molar-refractivity contribution in [2.45, 2.75) is 57.3 Å². The monoisotopic (exact) mass is 557 g/mol. The predicted octanol–water partition coefficient (Wildman–Crippen LogP) is 4.79. The minimum atomic E-state index is -0.915. The normalized spacial score (nSPS) is 19.0. The summed E-state index contributed by atoms with van der Waals surface area (Å²) in [6, 6.07) is 4.70. The number of alkyl halides is 1. The van der Waals surface area contributed by atoms with Crippen molar-refractivity contribution >= 4 is 17.0 Å². The third kappa shape index (κ3) is 5.53. The highest BCUT2D eigenvalue weighted by molar-refractivity contribution is 5.92. The molecule has 2 atom stereocenters. The Morgan fingerprint density at radius 2 is 2.02 bits per heavy atom. The Hall–Kier alpha value is -3.93. The SMILES string of the molecule is CCn1nccc1C(=O)N[C@H](c1nc2cc([C@@H](COC)c3cc(F)c[nH]c3=O)cc(F)c2o1)C1CCC(F)CC1. The summed E-state index contributed by atoms with van der Waals surface area (Å²) >= 11 is 0. The van der Waals surface area contributed by atoms with Crippen molar-refractivity contribution < 1.29 is 27.1 Å². The Bertz CT molecular complexity index is 1560. The maximum Gasteiger partial charge on any atom is 0.270 e. The zero-order valence-electron chi connectivity index (χ0n) is 22.1. The number of halogens is 3. The molecule has 0 radical (unpaired) electrons. The van der Waals surface area contributed by atoms with Crippen LogP contribution in [0.2, 0.25) is 0 Å². The molecule has 0 spiro atoms. The van der Waals surface area contributed by atoms with Crippen molar-refractivity contribution in [2.24, 2.45) is 5.92 Å². The van der Waals surface area contributed by atoms with Crippen molar-refractivity contribution in [1.29, 1.82) is 0 Å². The maximum atomic E-state index is 15.4. The molecule has 0 unspecified atom stereocenters. The summed E-state index contributed by atoms with van der Waals surface area (Å²) in [4.78, 5) is 32.6. The third-order valence-corrected chi connectivity index (χ3v) is 7.47. The molecule has 1 saturated carbocycles. The molecule has 0 aliphatic heterocycles. The zero-order chi connectivity index (χ0) is 28.4. The van der Waals surface area contributed by atoms with Gasteiger partial charge in [-0.05, 0) is 68.4 Å². The van der Waals surface area contributed by atoms with Crippen LogP contribution in [0.15, 0.2) is 45.9 Å². The fourth-order valence-corrected chi connectivity index (χ4v) is 5.41. The van der Waals surface area contributed by atoms with Gasteiger partial charge in [0.15, 0.2) is 11.4 Å². The number of hydrogen-bond donors (Lipinski definition) is 2. The molecule has 1 aliphatic carbocycles. The van der Waals surface area contributed by atoms with Gasteiger partial charge in [0.25, 0.3) is 11.5 Å². The van der Waals surface area contributed by atoms with Crippen LogP contribution >= 0.6 is 0 Å². The highest BCUT2D eigenvalue weighted by Gasteiger charge is 2.34. The summed E-state index contributed by atoms with van der Waals surface area (Å²) in [6.07, 6.45) is 3.21. The topological polar surface area (TPSA) is 115 Å². The number of carbonyl (C=O) groups is 1. The fourth-order valence-electron chi connectivity index (χ4n) is 5.41. The largest absolute Gasteiger partial charge is 0.435 e. The molecule has 2 N–H and O–H groups in total. The average Bonchev–Trinajstić information content (AvgIpc) is 3.60. The first-order chi connectivity index (χ1) is 19.3. The molecule has 1 aromatic carbocycles. The van der Waals surface area contributed by atoms with E-state index in [-0.39, 0.29) is 35.1 Å². The minimum Gasteiger partial charge on any atom is -0.435 e. The number of nitrogens with one attached hydrogen (secondary N) is 2. The molecule has 1 fully saturated rings. The third-order valence-electron chi connectivity index (χ3n) is 7.47. The second-order valence-corrected chi connectivity index (χ2v) is 10.0. The lowest BCUT2D eigenvalue weighted by atomic mass is 9.83. The van der Waals surface area contributed by atoms with E-state index in [2.05, 4.69) is 20.4 Å². The van der Waals surface area contributed by atoms with Gasteiger partial charge >= 0.3 is 0 Å². The number of methoxy groups -OCH3 is 1. The van der Waals surface area contributed by atoms with E-state index < -0.39 is 41.2 Å². The van der Waals surface area contributed by atoms with E-state index in [0.29, 0.717) is 43.5 Å². The standard InChI is InChI=1S/C28H30F3N5O4/c1-3-36-23(8-9-33-36)27(38)35-24(15-4-6-17(29)7-5-15)28-34-22-11-16(10-21(31)25(22)40-28)20(14-39-2)19-12-18(30)13-32-26(19)37/h8-13,15,17,20,24H,3-7,14H2,1-2H3,(H,32,37)(H,35,38)/t15?,17?,20-,24+/m1/s1. The van der Waals surface area contributed by atoms with Gasteiger partial charge in [-0.1, -0.05) is 0 Å². The number of fused-ring (bicyclic) bond motifs is 1. The summed E-state index contributed by atoms with van der Waals surface area (Å²) in [5.74, 6) is -2.66. The molecule has 0 bridgehead atoms. The number of aryl methyl sites for hydroxylation is 1. The summed E-state index contributed by atoms with van der Waals surface area (Å²) in [5.41, 5.74) is 0.274. The van der Waals surface area contributed by atoms with Crippen LogP contribution in [-0.2, 0) is 11.3 Å². The van der Waals surface area contributed by atoms with E-state index >= 15 is 4.39 Å². The lowest BCUT2D eigenvalue weighted by molar-refractivity contribution is 0.0876. The number of amides is 1. The van der Waals surface area contributed by atoms with Crippen LogP contribution in [-0.4, -0.2) is 45.5 Å². The Balaban J connectivity index is 1.54. The van der Waals surface area contributed by atoms with Gasteiger partial charge in [0.2, 0.25) is 5.89 Å². The first kappa shape index (κ1) is 27.6. The quantitative estimate of drug-likeness (QED) is 0.306. The number of aromatic amines is 1. The van der Waals surface area contributed by atoms with Gasteiger partial charge < -0.3 is 19.5 Å². The first-order valence-corrected chi connectivity index (χ1v) is 13.2. The molecule has 212 valence electrons. The summed E-state index contributed by atoms with van der Waals surface area (Å²) in [5, 5.41) is 7.11. The van der Waals surface area contributed by atoms with Gasteiger partial charge in [-0.3, -0.25) is 14.3 Å². The number of oxazole rings is 1. The minimum absolute atomic E-state index is 0.0154. The molecular formula is C28H30F3N5O4. The number of pyridine rings is 1. The van der Waals surface area contributed by atoms with E-state index in [1.807, 2.05) is 6.92 Å². The highest BCUT2D eigenvalue weighted by atomic mass is 19.1.